The molecule has 1 saturated heterocycles. The molecule has 0 saturated carbocycles. The Labute approximate surface area is 119 Å². The monoisotopic (exact) mass is 269 g/mol. The molecular formula is C16H31NO2. The Kier molecular flexibility index (Phi) is 8.53. The Morgan fingerprint density at radius 3 is 2.26 bits per heavy atom. The first-order valence-corrected chi connectivity index (χ1v) is 7.51. The standard InChI is InChI=1S/C14H25NO2.C2H6/c1-5-6-7-12-8-10-15(11-9-12)13(16)17-14(2,3)4;1-2/h5,12H,1,6-11H2,2-4H3;1-2H3. The van der Waals surface area contributed by atoms with Crippen LogP contribution < -0.4 is 0 Å². The summed E-state index contributed by atoms with van der Waals surface area (Å²) in [5, 5.41) is 0. The number of allylic oxidation sites excluding steroid dienone is 1. The molecule has 1 heterocycles. The van der Waals surface area contributed by atoms with E-state index in [1.54, 1.807) is 0 Å². The maximum Gasteiger partial charge on any atom is 0.410 e. The second-order valence-electron chi connectivity index (χ2n) is 5.78. The molecule has 0 spiro atoms. The molecule has 0 aromatic rings. The summed E-state index contributed by atoms with van der Waals surface area (Å²) in [5.41, 5.74) is -0.392. The van der Waals surface area contributed by atoms with Gasteiger partial charge in [0.1, 0.15) is 5.60 Å². The van der Waals surface area contributed by atoms with Gasteiger partial charge < -0.3 is 9.64 Å². The Morgan fingerprint density at radius 2 is 1.84 bits per heavy atom. The zero-order valence-electron chi connectivity index (χ0n) is 13.4. The molecule has 0 aromatic carbocycles. The lowest BCUT2D eigenvalue weighted by atomic mass is 9.92. The van der Waals surface area contributed by atoms with Gasteiger partial charge >= 0.3 is 6.09 Å². The van der Waals surface area contributed by atoms with Crippen molar-refractivity contribution in [3.8, 4) is 0 Å². The number of rotatable bonds is 3. The Bertz CT molecular complexity index is 260. The van der Waals surface area contributed by atoms with Crippen molar-refractivity contribution in [3.05, 3.63) is 12.7 Å². The van der Waals surface area contributed by atoms with Crippen molar-refractivity contribution < 1.29 is 9.53 Å². The molecule has 0 atom stereocenters. The smallest absolute Gasteiger partial charge is 0.410 e. The van der Waals surface area contributed by atoms with Crippen LogP contribution in [0.2, 0.25) is 0 Å². The van der Waals surface area contributed by atoms with E-state index in [0.29, 0.717) is 0 Å². The predicted octanol–water partition coefficient (Wildman–Crippen LogP) is 4.63. The molecule has 0 N–H and O–H groups in total. The number of hydrogen-bond acceptors (Lipinski definition) is 2. The normalized spacial score (nSPS) is 16.4. The number of carbonyl (C=O) groups is 1. The molecule has 3 heteroatoms. The highest BCUT2D eigenvalue weighted by atomic mass is 16.6. The van der Waals surface area contributed by atoms with E-state index in [2.05, 4.69) is 6.58 Å². The topological polar surface area (TPSA) is 29.5 Å². The largest absolute Gasteiger partial charge is 0.444 e. The quantitative estimate of drug-likeness (QED) is 0.699. The van der Waals surface area contributed by atoms with Crippen LogP contribution in [0.5, 0.6) is 0 Å². The average molecular weight is 269 g/mol. The van der Waals surface area contributed by atoms with Gasteiger partial charge in [0.05, 0.1) is 0 Å². The Morgan fingerprint density at radius 1 is 1.32 bits per heavy atom. The first-order valence-electron chi connectivity index (χ1n) is 7.51. The van der Waals surface area contributed by atoms with Crippen molar-refractivity contribution >= 4 is 6.09 Å². The molecule has 0 unspecified atom stereocenters. The highest BCUT2D eigenvalue weighted by molar-refractivity contribution is 5.68. The molecule has 1 aliphatic heterocycles. The summed E-state index contributed by atoms with van der Waals surface area (Å²) in [5.74, 6) is 0.742. The summed E-state index contributed by atoms with van der Waals surface area (Å²) >= 11 is 0. The van der Waals surface area contributed by atoms with E-state index in [9.17, 15) is 4.79 Å². The van der Waals surface area contributed by atoms with Gasteiger partial charge in [-0.1, -0.05) is 19.9 Å². The third-order valence-corrected chi connectivity index (χ3v) is 3.05. The van der Waals surface area contributed by atoms with Gasteiger partial charge in [-0.3, -0.25) is 0 Å². The summed E-state index contributed by atoms with van der Waals surface area (Å²) in [4.78, 5) is 13.7. The van der Waals surface area contributed by atoms with Gasteiger partial charge in [-0.15, -0.1) is 6.58 Å². The summed E-state index contributed by atoms with van der Waals surface area (Å²) in [6, 6.07) is 0. The highest BCUT2D eigenvalue weighted by Gasteiger charge is 2.26. The number of nitrogens with zero attached hydrogens (tertiary/aromatic N) is 1. The van der Waals surface area contributed by atoms with Gasteiger partial charge in [0.15, 0.2) is 0 Å². The average Bonchev–Trinajstić information content (AvgIpc) is 2.37. The zero-order chi connectivity index (χ0) is 14.9. The van der Waals surface area contributed by atoms with Gasteiger partial charge in [-0.25, -0.2) is 4.79 Å². The first-order chi connectivity index (χ1) is 8.92. The number of carbonyl (C=O) groups excluding carboxylic acids is 1. The van der Waals surface area contributed by atoms with E-state index >= 15 is 0 Å². The lowest BCUT2D eigenvalue weighted by Crippen LogP contribution is -2.41. The number of amides is 1. The molecule has 1 amide bonds. The molecule has 0 aliphatic carbocycles. The van der Waals surface area contributed by atoms with Crippen molar-refractivity contribution in [1.82, 2.24) is 4.90 Å². The first kappa shape index (κ1) is 18.0. The summed E-state index contributed by atoms with van der Waals surface area (Å²) in [6.45, 7) is 15.1. The maximum atomic E-state index is 11.8. The SMILES string of the molecule is C=CCCC1CCN(C(=O)OC(C)(C)C)CC1.CC. The molecule has 1 rings (SSSR count). The van der Waals surface area contributed by atoms with Crippen LogP contribution in [0.3, 0.4) is 0 Å². The van der Waals surface area contributed by atoms with Crippen molar-refractivity contribution in [2.45, 2.75) is 65.9 Å². The minimum absolute atomic E-state index is 0.167. The molecule has 0 bridgehead atoms. The highest BCUT2D eigenvalue weighted by Crippen LogP contribution is 2.23. The third kappa shape index (κ3) is 7.91. The Balaban J connectivity index is 0.00000154. The Hall–Kier alpha value is -0.990. The van der Waals surface area contributed by atoms with Gasteiger partial charge in [-0.05, 0) is 52.4 Å². The van der Waals surface area contributed by atoms with Gasteiger partial charge in [0, 0.05) is 13.1 Å². The fourth-order valence-corrected chi connectivity index (χ4v) is 2.08. The minimum atomic E-state index is -0.392. The molecule has 1 fully saturated rings. The van der Waals surface area contributed by atoms with Crippen molar-refractivity contribution in [1.29, 1.82) is 0 Å². The summed E-state index contributed by atoms with van der Waals surface area (Å²) in [7, 11) is 0. The van der Waals surface area contributed by atoms with E-state index in [-0.39, 0.29) is 6.09 Å². The van der Waals surface area contributed by atoms with E-state index in [4.69, 9.17) is 4.74 Å². The second-order valence-corrected chi connectivity index (χ2v) is 5.78. The maximum absolute atomic E-state index is 11.8. The van der Waals surface area contributed by atoms with Crippen LogP contribution in [-0.2, 0) is 4.74 Å². The second kappa shape index (κ2) is 9.00. The molecule has 19 heavy (non-hydrogen) atoms. The van der Waals surface area contributed by atoms with Gasteiger partial charge in [0.2, 0.25) is 0 Å². The van der Waals surface area contributed by atoms with Crippen LogP contribution in [0.4, 0.5) is 4.79 Å². The van der Waals surface area contributed by atoms with E-state index < -0.39 is 5.60 Å². The predicted molar refractivity (Wildman–Crippen MR) is 81.3 cm³/mol. The summed E-state index contributed by atoms with van der Waals surface area (Å²) in [6.07, 6.45) is 6.27. The minimum Gasteiger partial charge on any atom is -0.444 e. The van der Waals surface area contributed by atoms with Crippen LogP contribution in [0.25, 0.3) is 0 Å². The molecule has 1 aliphatic rings. The number of ether oxygens (including phenoxy) is 1. The molecular weight excluding hydrogens is 238 g/mol. The van der Waals surface area contributed by atoms with Crippen LogP contribution in [0.1, 0.15) is 60.3 Å². The van der Waals surface area contributed by atoms with E-state index in [1.807, 2.05) is 45.6 Å². The fraction of sp³-hybridized carbons (Fsp3) is 0.812. The van der Waals surface area contributed by atoms with Crippen LogP contribution in [0, 0.1) is 5.92 Å². The van der Waals surface area contributed by atoms with Crippen molar-refractivity contribution in [2.75, 3.05) is 13.1 Å². The van der Waals surface area contributed by atoms with Crippen LogP contribution in [-0.4, -0.2) is 29.7 Å². The molecule has 0 aromatic heterocycles. The molecule has 3 nitrogen and oxygen atoms in total. The fourth-order valence-electron chi connectivity index (χ4n) is 2.08. The van der Waals surface area contributed by atoms with E-state index in [1.165, 1.54) is 6.42 Å². The number of likely N-dealkylation sites (tertiary alicyclic amines) is 1. The molecule has 0 radical (unpaired) electrons. The van der Waals surface area contributed by atoms with Crippen molar-refractivity contribution in [3.63, 3.8) is 0 Å². The number of piperidine rings is 1. The van der Waals surface area contributed by atoms with Crippen LogP contribution in [0.15, 0.2) is 12.7 Å². The van der Waals surface area contributed by atoms with Gasteiger partial charge in [0.25, 0.3) is 0 Å². The zero-order valence-corrected chi connectivity index (χ0v) is 13.4. The number of hydrogen-bond donors (Lipinski definition) is 0. The van der Waals surface area contributed by atoms with E-state index in [0.717, 1.165) is 38.3 Å². The third-order valence-electron chi connectivity index (χ3n) is 3.05. The molecule has 112 valence electrons. The lowest BCUT2D eigenvalue weighted by Gasteiger charge is -2.33. The van der Waals surface area contributed by atoms with Gasteiger partial charge in [-0.2, -0.15) is 0 Å². The lowest BCUT2D eigenvalue weighted by molar-refractivity contribution is 0.0181. The summed E-state index contributed by atoms with van der Waals surface area (Å²) < 4.78 is 5.36. The van der Waals surface area contributed by atoms with Crippen LogP contribution >= 0.6 is 0 Å². The van der Waals surface area contributed by atoms with Crippen molar-refractivity contribution in [2.24, 2.45) is 5.92 Å².